The van der Waals surface area contributed by atoms with Gasteiger partial charge in [-0.2, -0.15) is 0 Å². The molecule has 0 radical (unpaired) electrons. The number of esters is 1. The first kappa shape index (κ1) is 13.3. The smallest absolute Gasteiger partial charge is 0.355 e. The van der Waals surface area contributed by atoms with Gasteiger partial charge < -0.3 is 19.2 Å². The molecule has 1 aromatic carbocycles. The summed E-state index contributed by atoms with van der Waals surface area (Å²) in [4.78, 5) is 14.9. The number of carbonyl (C=O) groups is 1. The van der Waals surface area contributed by atoms with Gasteiger partial charge in [0, 0.05) is 17.5 Å². The Bertz CT molecular complexity index is 615. The minimum atomic E-state index is -0.364. The summed E-state index contributed by atoms with van der Waals surface area (Å²) in [5.41, 5.74) is 2.05. The molecule has 19 heavy (non-hydrogen) atoms. The van der Waals surface area contributed by atoms with E-state index >= 15 is 0 Å². The lowest BCUT2D eigenvalue weighted by molar-refractivity contribution is 0.0520. The van der Waals surface area contributed by atoms with Crippen molar-refractivity contribution in [3.8, 4) is 11.5 Å². The highest BCUT2D eigenvalue weighted by Gasteiger charge is 2.19. The number of fused-ring (bicyclic) bond motifs is 1. The first-order valence-electron chi connectivity index (χ1n) is 6.03. The number of carbonyl (C=O) groups excluding carboxylic acids is 1. The van der Waals surface area contributed by atoms with E-state index in [4.69, 9.17) is 14.2 Å². The SMILES string of the molecule is CCOC(=O)c1[nH]c2cc(OC)cc(OC)c2c1C. The van der Waals surface area contributed by atoms with Crippen LogP contribution in [0.4, 0.5) is 0 Å². The lowest BCUT2D eigenvalue weighted by Gasteiger charge is -2.06. The van der Waals surface area contributed by atoms with Crippen molar-refractivity contribution in [2.24, 2.45) is 0 Å². The molecule has 0 saturated carbocycles. The van der Waals surface area contributed by atoms with Crippen molar-refractivity contribution in [2.75, 3.05) is 20.8 Å². The van der Waals surface area contributed by atoms with Crippen LogP contribution in [0.1, 0.15) is 23.0 Å². The van der Waals surface area contributed by atoms with Crippen molar-refractivity contribution >= 4 is 16.9 Å². The first-order chi connectivity index (χ1) is 9.12. The molecule has 0 aliphatic carbocycles. The van der Waals surface area contributed by atoms with E-state index in [0.29, 0.717) is 23.8 Å². The normalized spacial score (nSPS) is 10.5. The molecule has 2 rings (SSSR count). The van der Waals surface area contributed by atoms with Crippen LogP contribution < -0.4 is 9.47 Å². The number of ether oxygens (including phenoxy) is 3. The monoisotopic (exact) mass is 263 g/mol. The number of benzene rings is 1. The minimum absolute atomic E-state index is 0.341. The molecule has 1 N–H and O–H groups in total. The van der Waals surface area contributed by atoms with Gasteiger partial charge in [0.15, 0.2) is 0 Å². The summed E-state index contributed by atoms with van der Waals surface area (Å²) in [7, 11) is 3.17. The number of hydrogen-bond donors (Lipinski definition) is 1. The molecule has 0 fully saturated rings. The molecule has 5 nitrogen and oxygen atoms in total. The van der Waals surface area contributed by atoms with E-state index in [1.165, 1.54) is 0 Å². The molecule has 102 valence electrons. The maximum absolute atomic E-state index is 11.9. The van der Waals surface area contributed by atoms with Crippen LogP contribution in [0.15, 0.2) is 12.1 Å². The van der Waals surface area contributed by atoms with E-state index in [0.717, 1.165) is 16.5 Å². The quantitative estimate of drug-likeness (QED) is 0.861. The van der Waals surface area contributed by atoms with Crippen LogP contribution in [-0.2, 0) is 4.74 Å². The van der Waals surface area contributed by atoms with Crippen LogP contribution in [0.5, 0.6) is 11.5 Å². The maximum atomic E-state index is 11.9. The molecule has 0 saturated heterocycles. The Hall–Kier alpha value is -2.17. The molecule has 0 bridgehead atoms. The average Bonchev–Trinajstić information content (AvgIpc) is 2.75. The Kier molecular flexibility index (Phi) is 3.64. The van der Waals surface area contributed by atoms with Crippen LogP contribution in [-0.4, -0.2) is 31.8 Å². The van der Waals surface area contributed by atoms with Crippen LogP contribution >= 0.6 is 0 Å². The molecule has 0 spiro atoms. The van der Waals surface area contributed by atoms with Gasteiger partial charge in [-0.15, -0.1) is 0 Å². The zero-order chi connectivity index (χ0) is 14.0. The second kappa shape index (κ2) is 5.22. The molecule has 2 aromatic rings. The Morgan fingerprint density at radius 3 is 2.58 bits per heavy atom. The topological polar surface area (TPSA) is 60.6 Å². The van der Waals surface area contributed by atoms with Crippen molar-refractivity contribution in [1.29, 1.82) is 0 Å². The largest absolute Gasteiger partial charge is 0.497 e. The molecular formula is C14H17NO4. The Morgan fingerprint density at radius 1 is 1.26 bits per heavy atom. The highest BCUT2D eigenvalue weighted by Crippen LogP contribution is 2.34. The molecule has 0 aliphatic rings. The molecule has 1 heterocycles. The van der Waals surface area contributed by atoms with Gasteiger partial charge in [0.05, 0.1) is 26.3 Å². The zero-order valence-electron chi connectivity index (χ0n) is 11.5. The van der Waals surface area contributed by atoms with E-state index in [9.17, 15) is 4.79 Å². The van der Waals surface area contributed by atoms with E-state index in [-0.39, 0.29) is 5.97 Å². The molecule has 0 aliphatic heterocycles. The van der Waals surface area contributed by atoms with E-state index in [2.05, 4.69) is 4.98 Å². The van der Waals surface area contributed by atoms with Crippen LogP contribution in [0.2, 0.25) is 0 Å². The maximum Gasteiger partial charge on any atom is 0.355 e. The van der Waals surface area contributed by atoms with Crippen molar-refractivity contribution in [2.45, 2.75) is 13.8 Å². The van der Waals surface area contributed by atoms with E-state index in [1.54, 1.807) is 27.2 Å². The Balaban J connectivity index is 2.65. The number of aryl methyl sites for hydroxylation is 1. The molecular weight excluding hydrogens is 246 g/mol. The molecule has 0 atom stereocenters. The number of H-pyrrole nitrogens is 1. The molecule has 5 heteroatoms. The molecule has 1 aromatic heterocycles. The fourth-order valence-corrected chi connectivity index (χ4v) is 2.12. The van der Waals surface area contributed by atoms with Gasteiger partial charge in [0.2, 0.25) is 0 Å². The number of nitrogens with one attached hydrogen (secondary N) is 1. The van der Waals surface area contributed by atoms with Crippen molar-refractivity contribution in [3.05, 3.63) is 23.4 Å². The minimum Gasteiger partial charge on any atom is -0.497 e. The second-order valence-corrected chi connectivity index (χ2v) is 4.10. The van der Waals surface area contributed by atoms with Crippen LogP contribution in [0.3, 0.4) is 0 Å². The van der Waals surface area contributed by atoms with Gasteiger partial charge in [0.1, 0.15) is 17.2 Å². The second-order valence-electron chi connectivity index (χ2n) is 4.10. The van der Waals surface area contributed by atoms with Gasteiger partial charge >= 0.3 is 5.97 Å². The third-order valence-electron chi connectivity index (χ3n) is 3.02. The summed E-state index contributed by atoms with van der Waals surface area (Å²) < 4.78 is 15.6. The number of aromatic amines is 1. The summed E-state index contributed by atoms with van der Waals surface area (Å²) in [5.74, 6) is 0.969. The predicted molar refractivity (Wildman–Crippen MR) is 72.1 cm³/mol. The van der Waals surface area contributed by atoms with E-state index < -0.39 is 0 Å². The summed E-state index contributed by atoms with van der Waals surface area (Å²) >= 11 is 0. The summed E-state index contributed by atoms with van der Waals surface area (Å²) in [5, 5.41) is 0.867. The molecule has 0 unspecified atom stereocenters. The number of methoxy groups -OCH3 is 2. The van der Waals surface area contributed by atoms with Gasteiger partial charge in [-0.3, -0.25) is 0 Å². The third kappa shape index (κ3) is 2.23. The summed E-state index contributed by atoms with van der Waals surface area (Å²) in [6.07, 6.45) is 0. The summed E-state index contributed by atoms with van der Waals surface area (Å²) in [6, 6.07) is 3.62. The number of aromatic nitrogens is 1. The van der Waals surface area contributed by atoms with Gasteiger partial charge in [0.25, 0.3) is 0 Å². The fraction of sp³-hybridized carbons (Fsp3) is 0.357. The summed E-state index contributed by atoms with van der Waals surface area (Å²) in [6.45, 7) is 3.98. The van der Waals surface area contributed by atoms with E-state index in [1.807, 2.05) is 13.0 Å². The van der Waals surface area contributed by atoms with Crippen molar-refractivity contribution in [3.63, 3.8) is 0 Å². The van der Waals surface area contributed by atoms with Gasteiger partial charge in [-0.25, -0.2) is 4.79 Å². The van der Waals surface area contributed by atoms with Crippen LogP contribution in [0, 0.1) is 6.92 Å². The highest BCUT2D eigenvalue weighted by atomic mass is 16.5. The number of hydrogen-bond acceptors (Lipinski definition) is 4. The standard InChI is InChI=1S/C14H17NO4/c1-5-19-14(16)13-8(2)12-10(15-13)6-9(17-3)7-11(12)18-4/h6-7,15H,5H2,1-4H3. The average molecular weight is 263 g/mol. The highest BCUT2D eigenvalue weighted by molar-refractivity contribution is 6.01. The lowest BCUT2D eigenvalue weighted by atomic mass is 10.1. The number of rotatable bonds is 4. The van der Waals surface area contributed by atoms with Crippen molar-refractivity contribution < 1.29 is 19.0 Å². The van der Waals surface area contributed by atoms with Gasteiger partial charge in [-0.05, 0) is 19.4 Å². The Morgan fingerprint density at radius 2 is 2.00 bits per heavy atom. The van der Waals surface area contributed by atoms with Crippen LogP contribution in [0.25, 0.3) is 10.9 Å². The zero-order valence-corrected chi connectivity index (χ0v) is 11.5. The first-order valence-corrected chi connectivity index (χ1v) is 6.03. The predicted octanol–water partition coefficient (Wildman–Crippen LogP) is 2.67. The lowest BCUT2D eigenvalue weighted by Crippen LogP contribution is -2.06. The van der Waals surface area contributed by atoms with Gasteiger partial charge in [-0.1, -0.05) is 0 Å². The fourth-order valence-electron chi connectivity index (χ4n) is 2.12. The Labute approximate surface area is 111 Å². The van der Waals surface area contributed by atoms with Crippen molar-refractivity contribution in [1.82, 2.24) is 4.98 Å². The molecule has 0 amide bonds. The third-order valence-corrected chi connectivity index (χ3v) is 3.02.